The molecular formula is C20H20F21N2O4P. The number of morpholine rings is 2. The summed E-state index contributed by atoms with van der Waals surface area (Å²) in [6.07, 6.45) is -11.0. The Bertz CT molecular complexity index is 1150. The third-order valence-corrected chi connectivity index (χ3v) is 9.69. The lowest BCUT2D eigenvalue weighted by atomic mass is 9.86. The molecular weight excluding hydrogens is 762 g/mol. The summed E-state index contributed by atoms with van der Waals surface area (Å²) in [7, 11) is -4.61. The van der Waals surface area contributed by atoms with Gasteiger partial charge in [-0.3, -0.25) is 4.57 Å². The molecule has 2 aliphatic rings. The second kappa shape index (κ2) is 13.0. The lowest BCUT2D eigenvalue weighted by Crippen LogP contribution is -2.76. The summed E-state index contributed by atoms with van der Waals surface area (Å²) in [5, 5.41) is 0. The first-order chi connectivity index (χ1) is 21.2. The van der Waals surface area contributed by atoms with Gasteiger partial charge in [-0.05, 0) is 0 Å². The first-order valence-corrected chi connectivity index (χ1v) is 14.1. The first-order valence-electron chi connectivity index (χ1n) is 12.5. The third kappa shape index (κ3) is 6.33. The highest BCUT2D eigenvalue weighted by Crippen LogP contribution is 2.66. The number of hydrogen-bond donors (Lipinski definition) is 0. The Hall–Kier alpha value is -1.44. The van der Waals surface area contributed by atoms with Crippen LogP contribution in [0.15, 0.2) is 0 Å². The normalized spacial score (nSPS) is 20.4. The van der Waals surface area contributed by atoms with Gasteiger partial charge in [0.05, 0.1) is 33.0 Å². The Morgan fingerprint density at radius 3 is 1.02 bits per heavy atom. The monoisotopic (exact) mass is 782 g/mol. The van der Waals surface area contributed by atoms with Crippen LogP contribution in [0.1, 0.15) is 6.42 Å². The number of rotatable bonds is 14. The maximum Gasteiger partial charge on any atom is 0.460 e. The highest BCUT2D eigenvalue weighted by Gasteiger charge is 2.97. The van der Waals surface area contributed by atoms with E-state index in [0.717, 1.165) is 9.34 Å². The van der Waals surface area contributed by atoms with Gasteiger partial charge in [-0.15, -0.1) is 0 Å². The molecule has 28 heteroatoms. The fourth-order valence-corrected chi connectivity index (χ4v) is 6.35. The van der Waals surface area contributed by atoms with Crippen molar-refractivity contribution in [3.63, 3.8) is 0 Å². The highest BCUT2D eigenvalue weighted by molar-refractivity contribution is 7.54. The zero-order chi connectivity index (χ0) is 37.8. The van der Waals surface area contributed by atoms with Crippen molar-refractivity contribution >= 4 is 7.67 Å². The number of nitrogens with zero attached hydrogens (tertiary/aromatic N) is 2. The molecule has 0 spiro atoms. The van der Waals surface area contributed by atoms with E-state index in [2.05, 4.69) is 0 Å². The van der Waals surface area contributed by atoms with Crippen LogP contribution < -0.4 is 0 Å². The van der Waals surface area contributed by atoms with Crippen LogP contribution >= 0.6 is 7.67 Å². The van der Waals surface area contributed by atoms with Crippen LogP contribution in [0.3, 0.4) is 0 Å². The van der Waals surface area contributed by atoms with Gasteiger partial charge < -0.3 is 14.0 Å². The lowest BCUT2D eigenvalue weighted by Gasteiger charge is -2.44. The van der Waals surface area contributed by atoms with Gasteiger partial charge in [0.25, 0.3) is 0 Å². The van der Waals surface area contributed by atoms with Crippen LogP contribution in [0.2, 0.25) is 0 Å². The predicted molar refractivity (Wildman–Crippen MR) is 114 cm³/mol. The maximum absolute atomic E-state index is 14.4. The van der Waals surface area contributed by atoms with Gasteiger partial charge in [-0.25, -0.2) is 9.34 Å². The predicted octanol–water partition coefficient (Wildman–Crippen LogP) is 7.45. The Kier molecular flexibility index (Phi) is 11.5. The second-order valence-corrected chi connectivity index (χ2v) is 12.4. The molecule has 2 rings (SSSR count). The molecule has 0 radical (unpaired) electrons. The molecule has 0 unspecified atom stereocenters. The van der Waals surface area contributed by atoms with Crippen LogP contribution in [0.5, 0.6) is 0 Å². The first kappa shape index (κ1) is 42.7. The largest absolute Gasteiger partial charge is 0.460 e. The van der Waals surface area contributed by atoms with Crippen molar-refractivity contribution in [2.75, 3.05) is 59.2 Å². The molecule has 286 valence electrons. The van der Waals surface area contributed by atoms with E-state index in [-0.39, 0.29) is 52.6 Å². The summed E-state index contributed by atoms with van der Waals surface area (Å²) in [6.45, 7) is -4.05. The summed E-state index contributed by atoms with van der Waals surface area (Å²) >= 11 is 0. The number of alkyl halides is 21. The molecule has 2 heterocycles. The van der Waals surface area contributed by atoms with E-state index in [0.29, 0.717) is 0 Å². The van der Waals surface area contributed by atoms with Gasteiger partial charge in [0.1, 0.15) is 0 Å². The summed E-state index contributed by atoms with van der Waals surface area (Å²) in [6, 6.07) is 0. The molecule has 0 amide bonds. The van der Waals surface area contributed by atoms with Crippen molar-refractivity contribution in [1.29, 1.82) is 0 Å². The van der Waals surface area contributed by atoms with E-state index in [1.807, 2.05) is 0 Å². The molecule has 2 aliphatic heterocycles. The van der Waals surface area contributed by atoms with Gasteiger partial charge in [0.15, 0.2) is 0 Å². The highest BCUT2D eigenvalue weighted by atomic mass is 31.2. The van der Waals surface area contributed by atoms with Crippen LogP contribution in [-0.2, 0) is 18.6 Å². The van der Waals surface area contributed by atoms with E-state index < -0.39 is 80.2 Å². The van der Waals surface area contributed by atoms with E-state index >= 15 is 0 Å². The Balaban J connectivity index is 2.45. The zero-order valence-electron chi connectivity index (χ0n) is 23.0. The maximum atomic E-state index is 14.4. The zero-order valence-corrected chi connectivity index (χ0v) is 23.9. The number of ether oxygens (including phenoxy) is 2. The van der Waals surface area contributed by atoms with Crippen molar-refractivity contribution in [2.24, 2.45) is 0 Å². The molecule has 0 aromatic carbocycles. The lowest BCUT2D eigenvalue weighted by molar-refractivity contribution is -0.474. The van der Waals surface area contributed by atoms with Gasteiger partial charge in [-0.2, -0.15) is 92.2 Å². The minimum Gasteiger partial charge on any atom is -0.379 e. The Morgan fingerprint density at radius 2 is 0.729 bits per heavy atom. The van der Waals surface area contributed by atoms with Gasteiger partial charge in [-0.1, -0.05) is 0 Å². The molecule has 0 saturated carbocycles. The summed E-state index contributed by atoms with van der Waals surface area (Å²) in [5.74, 6) is -77.7. The fraction of sp³-hybridized carbons (Fsp3) is 1.00. The van der Waals surface area contributed by atoms with E-state index in [1.54, 1.807) is 0 Å². The standard InChI is InChI=1S/C20H20F21N2O4P/c21-11(22,1-6-47-48(44,42-2-7-45-8-3-42)43-4-9-46-10-5-43)12(23,24)13(25,26)14(27,28)15(29,30)16(31,32)17(33,34)18(35,36)19(37,38)20(39,40)41/h1-10H2. The molecule has 48 heavy (non-hydrogen) atoms. The summed E-state index contributed by atoms with van der Waals surface area (Å²) in [5.41, 5.74) is 0. The van der Waals surface area contributed by atoms with E-state index in [4.69, 9.17) is 14.0 Å². The molecule has 0 bridgehead atoms. The van der Waals surface area contributed by atoms with Crippen molar-refractivity contribution in [2.45, 2.75) is 65.9 Å². The summed E-state index contributed by atoms with van der Waals surface area (Å²) in [4.78, 5) is 0. The van der Waals surface area contributed by atoms with Crippen LogP contribution in [0.25, 0.3) is 0 Å². The van der Waals surface area contributed by atoms with Crippen molar-refractivity contribution < 1.29 is 111 Å². The minimum absolute atomic E-state index is 0.190. The molecule has 2 fully saturated rings. The molecule has 0 aromatic rings. The van der Waals surface area contributed by atoms with Gasteiger partial charge in [0.2, 0.25) is 0 Å². The average Bonchev–Trinajstić information content (AvgIpc) is 2.96. The van der Waals surface area contributed by atoms with Crippen LogP contribution in [-0.4, -0.2) is 128 Å². The number of hydrogen-bond acceptors (Lipinski definition) is 4. The van der Waals surface area contributed by atoms with Gasteiger partial charge in [0, 0.05) is 32.6 Å². The number of halogens is 21. The van der Waals surface area contributed by atoms with Crippen LogP contribution in [0.4, 0.5) is 92.2 Å². The average molecular weight is 782 g/mol. The Labute approximate surface area is 253 Å². The SMILES string of the molecule is O=P(OCCC(F)(F)C(F)(F)C(F)(F)C(F)(F)C(F)(F)C(F)(F)C(F)(F)C(F)(F)C(F)(F)C(F)(F)F)(N1CCOCC1)N1CCOCC1. The van der Waals surface area contributed by atoms with Crippen molar-refractivity contribution in [3.05, 3.63) is 0 Å². The Morgan fingerprint density at radius 1 is 0.458 bits per heavy atom. The van der Waals surface area contributed by atoms with Gasteiger partial charge >= 0.3 is 67.1 Å². The molecule has 0 aliphatic carbocycles. The molecule has 0 atom stereocenters. The van der Waals surface area contributed by atoms with Crippen LogP contribution in [0, 0.1) is 0 Å². The third-order valence-electron chi connectivity index (χ3n) is 6.94. The molecule has 6 nitrogen and oxygen atoms in total. The fourth-order valence-electron chi connectivity index (χ4n) is 4.00. The van der Waals surface area contributed by atoms with Crippen molar-refractivity contribution in [3.8, 4) is 0 Å². The van der Waals surface area contributed by atoms with Crippen molar-refractivity contribution in [1.82, 2.24) is 9.34 Å². The molecule has 0 N–H and O–H groups in total. The quantitative estimate of drug-likeness (QED) is 0.135. The second-order valence-electron chi connectivity index (χ2n) is 10.0. The van der Waals surface area contributed by atoms with E-state index in [9.17, 15) is 96.8 Å². The topological polar surface area (TPSA) is 51.2 Å². The molecule has 0 aromatic heterocycles. The minimum atomic E-state index is -9.23. The smallest absolute Gasteiger partial charge is 0.379 e. The van der Waals surface area contributed by atoms with E-state index in [1.165, 1.54) is 0 Å². The summed E-state index contributed by atoms with van der Waals surface area (Å²) < 4.78 is 315. The molecule has 2 saturated heterocycles.